The van der Waals surface area contributed by atoms with E-state index in [0.717, 1.165) is 44.1 Å². The second kappa shape index (κ2) is 9.18. The Labute approximate surface area is 178 Å². The van der Waals surface area contributed by atoms with Crippen molar-refractivity contribution < 1.29 is 4.79 Å². The van der Waals surface area contributed by atoms with E-state index in [-0.39, 0.29) is 5.91 Å². The van der Waals surface area contributed by atoms with E-state index in [0.29, 0.717) is 6.54 Å². The first kappa shape index (κ1) is 20.2. The van der Waals surface area contributed by atoms with Gasteiger partial charge in [0.25, 0.3) is 0 Å². The van der Waals surface area contributed by atoms with Crippen molar-refractivity contribution in [2.75, 3.05) is 61.4 Å². The van der Waals surface area contributed by atoms with E-state index in [2.05, 4.69) is 64.5 Å². The molecular formula is C25H30N4O. The highest BCUT2D eigenvalue weighted by molar-refractivity contribution is 5.94. The van der Waals surface area contributed by atoms with Gasteiger partial charge in [0.15, 0.2) is 0 Å². The minimum Gasteiger partial charge on any atom is -0.369 e. The van der Waals surface area contributed by atoms with E-state index in [9.17, 15) is 4.79 Å². The van der Waals surface area contributed by atoms with Crippen LogP contribution in [-0.2, 0) is 4.79 Å². The third-order valence-electron chi connectivity index (χ3n) is 5.89. The summed E-state index contributed by atoms with van der Waals surface area (Å²) in [4.78, 5) is 19.4. The van der Waals surface area contributed by atoms with Crippen LogP contribution >= 0.6 is 0 Å². The van der Waals surface area contributed by atoms with Gasteiger partial charge in [-0.15, -0.1) is 0 Å². The molecule has 0 spiro atoms. The van der Waals surface area contributed by atoms with Gasteiger partial charge in [0.2, 0.25) is 5.91 Å². The predicted octanol–water partition coefficient (Wildman–Crippen LogP) is 4.06. The summed E-state index contributed by atoms with van der Waals surface area (Å²) in [5.41, 5.74) is 3.09. The maximum atomic E-state index is 12.5. The number of likely N-dealkylation sites (N-methyl/N-ethyl adjacent to an activating group) is 2. The zero-order valence-corrected chi connectivity index (χ0v) is 17.8. The summed E-state index contributed by atoms with van der Waals surface area (Å²) in [5.74, 6) is -0.0185. The third-order valence-corrected chi connectivity index (χ3v) is 5.89. The fraction of sp³-hybridized carbons (Fsp3) is 0.320. The average Bonchev–Trinajstić information content (AvgIpc) is 2.79. The summed E-state index contributed by atoms with van der Waals surface area (Å²) < 4.78 is 0. The van der Waals surface area contributed by atoms with Gasteiger partial charge < -0.3 is 20.0 Å². The number of piperazine rings is 1. The first-order chi connectivity index (χ1) is 14.6. The number of hydrogen-bond acceptors (Lipinski definition) is 4. The SMILES string of the molecule is CCN1CCN(c2ccc(NC(=O)CN(C)c3ccc4ccccc4c3)cc2)CC1. The summed E-state index contributed by atoms with van der Waals surface area (Å²) in [7, 11) is 1.95. The minimum atomic E-state index is -0.0185. The Hall–Kier alpha value is -3.05. The van der Waals surface area contributed by atoms with E-state index in [4.69, 9.17) is 0 Å². The number of amides is 1. The van der Waals surface area contributed by atoms with Crippen LogP contribution < -0.4 is 15.1 Å². The molecule has 3 aromatic rings. The van der Waals surface area contributed by atoms with E-state index in [1.54, 1.807) is 0 Å². The Bertz CT molecular complexity index is 993. The molecule has 0 aromatic heterocycles. The molecule has 3 aromatic carbocycles. The number of carbonyl (C=O) groups excluding carboxylic acids is 1. The van der Waals surface area contributed by atoms with Crippen LogP contribution in [-0.4, -0.2) is 57.1 Å². The lowest BCUT2D eigenvalue weighted by molar-refractivity contribution is -0.114. The van der Waals surface area contributed by atoms with Crippen LogP contribution in [0.2, 0.25) is 0 Å². The largest absolute Gasteiger partial charge is 0.369 e. The Morgan fingerprint density at radius 3 is 2.33 bits per heavy atom. The van der Waals surface area contributed by atoms with Crippen LogP contribution in [0.1, 0.15) is 6.92 Å². The first-order valence-electron chi connectivity index (χ1n) is 10.7. The summed E-state index contributed by atoms with van der Waals surface area (Å²) in [5, 5.41) is 5.40. The topological polar surface area (TPSA) is 38.8 Å². The average molecular weight is 403 g/mol. The number of carbonyl (C=O) groups is 1. The molecule has 1 heterocycles. The Kier molecular flexibility index (Phi) is 6.19. The molecule has 1 amide bonds. The summed E-state index contributed by atoms with van der Waals surface area (Å²) in [6.45, 7) is 7.95. The molecule has 30 heavy (non-hydrogen) atoms. The number of fused-ring (bicyclic) bond motifs is 1. The molecule has 5 heteroatoms. The van der Waals surface area contributed by atoms with Crippen LogP contribution in [0.25, 0.3) is 10.8 Å². The van der Waals surface area contributed by atoms with E-state index in [1.807, 2.05) is 36.2 Å². The summed E-state index contributed by atoms with van der Waals surface area (Å²) in [6.07, 6.45) is 0. The highest BCUT2D eigenvalue weighted by Gasteiger charge is 2.16. The Morgan fingerprint density at radius 1 is 0.933 bits per heavy atom. The lowest BCUT2D eigenvalue weighted by atomic mass is 10.1. The quantitative estimate of drug-likeness (QED) is 0.675. The molecule has 0 unspecified atom stereocenters. The molecule has 0 bridgehead atoms. The fourth-order valence-corrected chi connectivity index (χ4v) is 4.00. The predicted molar refractivity (Wildman–Crippen MR) is 127 cm³/mol. The molecular weight excluding hydrogens is 372 g/mol. The molecule has 0 aliphatic carbocycles. The number of rotatable bonds is 6. The van der Waals surface area contributed by atoms with Crippen LogP contribution in [0.15, 0.2) is 66.7 Å². The molecule has 0 radical (unpaired) electrons. The molecule has 0 saturated carbocycles. The van der Waals surface area contributed by atoms with Gasteiger partial charge in [0.1, 0.15) is 0 Å². The van der Waals surface area contributed by atoms with Gasteiger partial charge in [0, 0.05) is 50.3 Å². The molecule has 4 rings (SSSR count). The van der Waals surface area contributed by atoms with Gasteiger partial charge in [-0.25, -0.2) is 0 Å². The lowest BCUT2D eigenvalue weighted by Crippen LogP contribution is -2.46. The highest BCUT2D eigenvalue weighted by atomic mass is 16.2. The number of anilines is 3. The molecule has 156 valence electrons. The van der Waals surface area contributed by atoms with Crippen molar-refractivity contribution in [1.82, 2.24) is 4.90 Å². The standard InChI is InChI=1S/C25H30N4O/c1-3-28-14-16-29(17-15-28)23-12-9-22(10-13-23)26-25(30)19-27(2)24-11-8-20-6-4-5-7-21(20)18-24/h4-13,18H,3,14-17,19H2,1-2H3,(H,26,30). The molecule has 1 aliphatic rings. The number of nitrogens with one attached hydrogen (secondary N) is 1. The van der Waals surface area contributed by atoms with Crippen molar-refractivity contribution in [2.45, 2.75) is 6.92 Å². The normalized spacial score (nSPS) is 14.7. The number of nitrogens with zero attached hydrogens (tertiary/aromatic N) is 3. The van der Waals surface area contributed by atoms with Gasteiger partial charge >= 0.3 is 0 Å². The van der Waals surface area contributed by atoms with E-state index < -0.39 is 0 Å². The van der Waals surface area contributed by atoms with E-state index in [1.165, 1.54) is 16.5 Å². The second-order valence-corrected chi connectivity index (χ2v) is 7.90. The van der Waals surface area contributed by atoms with Crippen LogP contribution in [0.3, 0.4) is 0 Å². The van der Waals surface area contributed by atoms with Gasteiger partial charge in [-0.3, -0.25) is 4.79 Å². The monoisotopic (exact) mass is 402 g/mol. The van der Waals surface area contributed by atoms with Crippen molar-refractivity contribution in [2.24, 2.45) is 0 Å². The first-order valence-corrected chi connectivity index (χ1v) is 10.7. The molecule has 1 N–H and O–H groups in total. The van der Waals surface area contributed by atoms with Crippen molar-refractivity contribution in [1.29, 1.82) is 0 Å². The van der Waals surface area contributed by atoms with Crippen molar-refractivity contribution in [3.63, 3.8) is 0 Å². The van der Waals surface area contributed by atoms with Gasteiger partial charge in [-0.05, 0) is 53.7 Å². The van der Waals surface area contributed by atoms with E-state index >= 15 is 0 Å². The number of benzene rings is 3. The van der Waals surface area contributed by atoms with Crippen molar-refractivity contribution >= 4 is 33.7 Å². The van der Waals surface area contributed by atoms with Crippen LogP contribution in [0, 0.1) is 0 Å². The van der Waals surface area contributed by atoms with Crippen LogP contribution in [0.4, 0.5) is 17.1 Å². The van der Waals surface area contributed by atoms with Crippen molar-refractivity contribution in [3.8, 4) is 0 Å². The maximum Gasteiger partial charge on any atom is 0.243 e. The summed E-state index contributed by atoms with van der Waals surface area (Å²) >= 11 is 0. The Morgan fingerprint density at radius 2 is 1.63 bits per heavy atom. The molecule has 0 atom stereocenters. The third kappa shape index (κ3) is 4.74. The zero-order chi connectivity index (χ0) is 20.9. The van der Waals surface area contributed by atoms with Gasteiger partial charge in [0.05, 0.1) is 6.54 Å². The number of hydrogen-bond donors (Lipinski definition) is 1. The molecule has 1 saturated heterocycles. The van der Waals surface area contributed by atoms with Gasteiger partial charge in [-0.2, -0.15) is 0 Å². The molecule has 1 fully saturated rings. The second-order valence-electron chi connectivity index (χ2n) is 7.90. The van der Waals surface area contributed by atoms with Crippen molar-refractivity contribution in [3.05, 3.63) is 66.7 Å². The minimum absolute atomic E-state index is 0.0185. The molecule has 5 nitrogen and oxygen atoms in total. The summed E-state index contributed by atoms with van der Waals surface area (Å²) in [6, 6.07) is 22.7. The van der Waals surface area contributed by atoms with Crippen LogP contribution in [0.5, 0.6) is 0 Å². The smallest absolute Gasteiger partial charge is 0.243 e. The zero-order valence-electron chi connectivity index (χ0n) is 17.8. The highest BCUT2D eigenvalue weighted by Crippen LogP contribution is 2.22. The lowest BCUT2D eigenvalue weighted by Gasteiger charge is -2.35. The maximum absolute atomic E-state index is 12.5. The Balaban J connectivity index is 1.33. The fourth-order valence-electron chi connectivity index (χ4n) is 4.00. The van der Waals surface area contributed by atoms with Gasteiger partial charge in [-0.1, -0.05) is 37.3 Å². The molecule has 1 aliphatic heterocycles.